The molecule has 1 saturated carbocycles. The molecule has 1 spiro atoms. The minimum absolute atomic E-state index is 0.307. The Morgan fingerprint density at radius 3 is 2.69 bits per heavy atom. The number of nitrogens with zero attached hydrogens (tertiary/aromatic N) is 3. The lowest BCUT2D eigenvalue weighted by Crippen LogP contribution is -2.47. The van der Waals surface area contributed by atoms with E-state index < -0.39 is 5.54 Å². The number of amidine groups is 1. The molecule has 2 aliphatic heterocycles. The van der Waals surface area contributed by atoms with Crippen molar-refractivity contribution in [2.75, 3.05) is 13.1 Å². The van der Waals surface area contributed by atoms with E-state index in [-0.39, 0.29) is 0 Å². The molecule has 4 rings (SSSR count). The van der Waals surface area contributed by atoms with Gasteiger partial charge < -0.3 is 0 Å². The van der Waals surface area contributed by atoms with E-state index in [9.17, 15) is 4.79 Å². The number of likely N-dealkylation sites (tertiary alicyclic amines) is 1. The summed E-state index contributed by atoms with van der Waals surface area (Å²) in [7, 11) is 0. The van der Waals surface area contributed by atoms with Crippen LogP contribution in [0.15, 0.2) is 35.3 Å². The van der Waals surface area contributed by atoms with E-state index in [1.807, 2.05) is 0 Å². The summed E-state index contributed by atoms with van der Waals surface area (Å²) in [5.41, 5.74) is 0.962. The highest BCUT2D eigenvalue weighted by molar-refractivity contribution is 6.08. The lowest BCUT2D eigenvalue weighted by molar-refractivity contribution is -0.132. The Morgan fingerprint density at radius 2 is 1.96 bits per heavy atom. The molecular weight excluding hydrogens is 322 g/mol. The van der Waals surface area contributed by atoms with Crippen molar-refractivity contribution in [3.05, 3.63) is 35.9 Å². The van der Waals surface area contributed by atoms with Crippen molar-refractivity contribution >= 4 is 11.7 Å². The smallest absolute Gasteiger partial charge is 0.256 e. The highest BCUT2D eigenvalue weighted by atomic mass is 16.2. The summed E-state index contributed by atoms with van der Waals surface area (Å²) in [5, 5.41) is 0. The van der Waals surface area contributed by atoms with Crippen LogP contribution in [0.3, 0.4) is 0 Å². The molecule has 1 aromatic rings. The normalized spacial score (nSPS) is 25.4. The van der Waals surface area contributed by atoms with Gasteiger partial charge in [0, 0.05) is 26.1 Å². The Balaban J connectivity index is 1.47. The van der Waals surface area contributed by atoms with Crippen LogP contribution >= 0.6 is 0 Å². The van der Waals surface area contributed by atoms with Gasteiger partial charge in [0.15, 0.2) is 0 Å². The summed E-state index contributed by atoms with van der Waals surface area (Å²) >= 11 is 0. The molecule has 4 nitrogen and oxygen atoms in total. The number of unbranched alkanes of at least 4 members (excludes halogenated alkanes) is 1. The van der Waals surface area contributed by atoms with Crippen molar-refractivity contribution in [3.63, 3.8) is 0 Å². The van der Waals surface area contributed by atoms with Gasteiger partial charge in [-0.2, -0.15) is 0 Å². The number of carbonyl (C=O) groups is 1. The zero-order valence-corrected chi connectivity index (χ0v) is 16.0. The van der Waals surface area contributed by atoms with Crippen LogP contribution in [-0.4, -0.2) is 46.2 Å². The average Bonchev–Trinajstić information content (AvgIpc) is 3.36. The van der Waals surface area contributed by atoms with Crippen LogP contribution in [-0.2, 0) is 11.3 Å². The number of benzene rings is 1. The molecule has 0 radical (unpaired) electrons. The van der Waals surface area contributed by atoms with Gasteiger partial charge in [-0.3, -0.25) is 19.6 Å². The third-order valence-electron chi connectivity index (χ3n) is 6.28. The third-order valence-corrected chi connectivity index (χ3v) is 6.28. The first-order valence-corrected chi connectivity index (χ1v) is 10.4. The topological polar surface area (TPSA) is 35.9 Å². The van der Waals surface area contributed by atoms with Crippen molar-refractivity contribution in [1.29, 1.82) is 0 Å². The van der Waals surface area contributed by atoms with E-state index in [0.717, 1.165) is 76.8 Å². The maximum absolute atomic E-state index is 13.3. The third kappa shape index (κ3) is 3.32. The molecule has 140 valence electrons. The molecule has 2 heterocycles. The molecule has 1 atom stereocenters. The van der Waals surface area contributed by atoms with Gasteiger partial charge >= 0.3 is 0 Å². The number of carbonyl (C=O) groups excluding carboxylic acids is 1. The SMILES string of the molecule is CCCCC1=NC2(CCCC2)C(=O)N1C1CCN(Cc2ccccc2)C1. The monoisotopic (exact) mass is 353 g/mol. The fourth-order valence-corrected chi connectivity index (χ4v) is 4.87. The zero-order valence-electron chi connectivity index (χ0n) is 16.0. The number of aliphatic imine (C=N–C) groups is 1. The fraction of sp³-hybridized carbons (Fsp3) is 0.636. The summed E-state index contributed by atoms with van der Waals surface area (Å²) < 4.78 is 0. The predicted molar refractivity (Wildman–Crippen MR) is 105 cm³/mol. The zero-order chi connectivity index (χ0) is 18.0. The van der Waals surface area contributed by atoms with E-state index in [1.54, 1.807) is 0 Å². The number of rotatable bonds is 6. The summed E-state index contributed by atoms with van der Waals surface area (Å²) in [5.74, 6) is 1.40. The summed E-state index contributed by atoms with van der Waals surface area (Å²) in [6, 6.07) is 11.0. The molecule has 3 aliphatic rings. The second-order valence-corrected chi connectivity index (χ2v) is 8.21. The molecule has 0 bridgehead atoms. The van der Waals surface area contributed by atoms with Gasteiger partial charge in [-0.15, -0.1) is 0 Å². The average molecular weight is 354 g/mol. The summed E-state index contributed by atoms with van der Waals surface area (Å²) in [6.07, 6.45) is 8.51. The van der Waals surface area contributed by atoms with Crippen LogP contribution < -0.4 is 0 Å². The lowest BCUT2D eigenvalue weighted by Gasteiger charge is -2.28. The van der Waals surface area contributed by atoms with Crippen LogP contribution in [0.25, 0.3) is 0 Å². The maximum atomic E-state index is 13.3. The largest absolute Gasteiger partial charge is 0.297 e. The van der Waals surface area contributed by atoms with E-state index in [2.05, 4.69) is 47.1 Å². The van der Waals surface area contributed by atoms with Crippen LogP contribution in [0, 0.1) is 0 Å². The standard InChI is InChI=1S/C22H31N3O/c1-2-3-11-20-23-22(13-7-8-14-22)21(26)25(20)19-12-15-24(17-19)16-18-9-5-4-6-10-18/h4-6,9-10,19H,2-3,7-8,11-17H2,1H3. The van der Waals surface area contributed by atoms with Gasteiger partial charge in [0.2, 0.25) is 0 Å². The van der Waals surface area contributed by atoms with Gasteiger partial charge in [0.25, 0.3) is 5.91 Å². The molecular formula is C22H31N3O. The molecule has 1 aliphatic carbocycles. The van der Waals surface area contributed by atoms with Crippen molar-refractivity contribution < 1.29 is 4.79 Å². The first kappa shape index (κ1) is 17.7. The van der Waals surface area contributed by atoms with Crippen LogP contribution in [0.4, 0.5) is 0 Å². The Morgan fingerprint density at radius 1 is 1.19 bits per heavy atom. The van der Waals surface area contributed by atoms with Gasteiger partial charge in [-0.25, -0.2) is 0 Å². The quantitative estimate of drug-likeness (QED) is 0.775. The predicted octanol–water partition coefficient (Wildman–Crippen LogP) is 4.00. The number of amides is 1. The highest BCUT2D eigenvalue weighted by Gasteiger charge is 2.51. The molecule has 2 fully saturated rings. The summed E-state index contributed by atoms with van der Waals surface area (Å²) in [4.78, 5) is 23.0. The van der Waals surface area contributed by atoms with E-state index in [0.29, 0.717) is 11.9 Å². The fourth-order valence-electron chi connectivity index (χ4n) is 4.87. The van der Waals surface area contributed by atoms with Gasteiger partial charge in [0.05, 0.1) is 6.04 Å². The Bertz CT molecular complexity index is 663. The highest BCUT2D eigenvalue weighted by Crippen LogP contribution is 2.41. The Labute approximate surface area is 157 Å². The molecule has 0 aromatic heterocycles. The minimum atomic E-state index is -0.393. The van der Waals surface area contributed by atoms with Crippen molar-refractivity contribution in [2.24, 2.45) is 4.99 Å². The van der Waals surface area contributed by atoms with Crippen molar-refractivity contribution in [2.45, 2.75) is 76.4 Å². The minimum Gasteiger partial charge on any atom is -0.297 e. The van der Waals surface area contributed by atoms with Crippen molar-refractivity contribution in [3.8, 4) is 0 Å². The number of hydrogen-bond donors (Lipinski definition) is 0. The molecule has 1 amide bonds. The Kier molecular flexibility index (Phi) is 5.12. The lowest BCUT2D eigenvalue weighted by atomic mass is 9.97. The second-order valence-electron chi connectivity index (χ2n) is 8.21. The van der Waals surface area contributed by atoms with Crippen LogP contribution in [0.1, 0.15) is 63.9 Å². The maximum Gasteiger partial charge on any atom is 0.256 e. The van der Waals surface area contributed by atoms with Gasteiger partial charge in [-0.05, 0) is 31.2 Å². The van der Waals surface area contributed by atoms with Gasteiger partial charge in [-0.1, -0.05) is 56.5 Å². The summed E-state index contributed by atoms with van der Waals surface area (Å²) in [6.45, 7) is 5.23. The molecule has 1 unspecified atom stereocenters. The molecule has 4 heteroatoms. The van der Waals surface area contributed by atoms with E-state index in [4.69, 9.17) is 4.99 Å². The first-order valence-electron chi connectivity index (χ1n) is 10.4. The molecule has 1 saturated heterocycles. The van der Waals surface area contributed by atoms with Crippen LogP contribution in [0.2, 0.25) is 0 Å². The second kappa shape index (κ2) is 7.51. The van der Waals surface area contributed by atoms with Crippen molar-refractivity contribution in [1.82, 2.24) is 9.80 Å². The van der Waals surface area contributed by atoms with Gasteiger partial charge in [0.1, 0.15) is 11.4 Å². The molecule has 26 heavy (non-hydrogen) atoms. The first-order chi connectivity index (χ1) is 12.7. The van der Waals surface area contributed by atoms with E-state index in [1.165, 1.54) is 5.56 Å². The molecule has 1 aromatic carbocycles. The Hall–Kier alpha value is -1.68. The van der Waals surface area contributed by atoms with E-state index >= 15 is 0 Å². The number of hydrogen-bond acceptors (Lipinski definition) is 3. The molecule has 0 N–H and O–H groups in total. The van der Waals surface area contributed by atoms with Crippen LogP contribution in [0.5, 0.6) is 0 Å².